The summed E-state index contributed by atoms with van der Waals surface area (Å²) in [5.74, 6) is 27.9. The van der Waals surface area contributed by atoms with Gasteiger partial charge in [0.25, 0.3) is 0 Å². The Bertz CT molecular complexity index is 6500. The van der Waals surface area contributed by atoms with Crippen LogP contribution in [0.4, 0.5) is 68.2 Å². The van der Waals surface area contributed by atoms with Crippen LogP contribution < -0.4 is 29.6 Å². The average molecular weight is 1640 g/mol. The monoisotopic (exact) mass is 1640 g/mol. The molecule has 0 amide bonds. The largest absolute Gasteiger partial charge is 2.00 e. The molecule has 0 fully saturated rings. The number of fused-ring (bicyclic) bond motifs is 8. The van der Waals surface area contributed by atoms with E-state index in [1.807, 2.05) is 262 Å². The molecule has 5 heterocycles. The van der Waals surface area contributed by atoms with Crippen LogP contribution in [-0.4, -0.2) is 9.97 Å². The maximum atomic E-state index is 9.72. The fourth-order valence-electron chi connectivity index (χ4n) is 14.2. The van der Waals surface area contributed by atoms with Crippen LogP contribution in [0.3, 0.4) is 0 Å². The van der Waals surface area contributed by atoms with Gasteiger partial charge in [0.1, 0.15) is 0 Å². The van der Waals surface area contributed by atoms with Crippen molar-refractivity contribution in [3.63, 3.8) is 0 Å². The van der Waals surface area contributed by atoms with Crippen LogP contribution >= 0.6 is 0 Å². The second kappa shape index (κ2) is 36.4. The molecule has 8 bridgehead atoms. The summed E-state index contributed by atoms with van der Waals surface area (Å²) in [6.07, 6.45) is 7.59. The smallest absolute Gasteiger partial charge is 0.656 e. The Hall–Kier alpha value is -18.8. The molecule has 3 aromatic heterocycles. The van der Waals surface area contributed by atoms with E-state index in [-0.39, 0.29) is 19.5 Å². The molecule has 15 aromatic rings. The maximum absolute atomic E-state index is 9.72. The molecule has 0 spiro atoms. The third-order valence-corrected chi connectivity index (χ3v) is 20.5. The first-order valence-electron chi connectivity index (χ1n) is 38.8. The van der Waals surface area contributed by atoms with Gasteiger partial charge in [-0.1, -0.05) is 71.6 Å². The molecule has 16 nitrogen and oxygen atoms in total. The number of benzene rings is 12. The van der Waals surface area contributed by atoms with Gasteiger partial charge in [-0.05, 0) is 315 Å². The number of aromatic nitrogens is 4. The summed E-state index contributed by atoms with van der Waals surface area (Å²) in [4.78, 5) is 29.8. The van der Waals surface area contributed by atoms with Gasteiger partial charge in [-0.3, -0.25) is 0 Å². The van der Waals surface area contributed by atoms with E-state index in [4.69, 9.17) is 19.9 Å². The van der Waals surface area contributed by atoms with Gasteiger partial charge in [0, 0.05) is 113 Å². The van der Waals surface area contributed by atoms with Crippen LogP contribution in [0.15, 0.2) is 315 Å². The summed E-state index contributed by atoms with van der Waals surface area (Å²) in [7, 11) is 0. The van der Waals surface area contributed by atoms with E-state index in [1.165, 1.54) is 0 Å². The summed E-state index contributed by atoms with van der Waals surface area (Å²) in [6, 6.07) is 115. The SMILES string of the molecule is N#Cc1ccc(N(c2ccc(C#N)cc2)c2ccc(C#Cc3c4nc(c(C#Cc5ccc(N(c6ccc(C#N)cc6)c6ccc(C#N)cc6)cc5)c5ccc([n-]5)c(C#Cc5ccc(N(c6ccc(C#N)cc6)c6ccc(C#N)cc6)cc5)c5nc(c(C#Cc6ccc(N(c7ccc(C#N)cc7)c7ccc(C#N)cc7)cc6)c6ccc3[n-]6)C=C5)C=C4)cc2)cc1.[Zn+2]. The first-order valence-corrected chi connectivity index (χ1v) is 38.8. The van der Waals surface area contributed by atoms with Crippen molar-refractivity contribution in [2.45, 2.75) is 0 Å². The van der Waals surface area contributed by atoms with E-state index >= 15 is 0 Å². The molecular weight excluding hydrogens is 1590 g/mol. The molecule has 0 radical (unpaired) electrons. The Kier molecular flexibility index (Phi) is 23.3. The molecule has 12 aromatic carbocycles. The minimum Gasteiger partial charge on any atom is -0.656 e. The second-order valence-corrected chi connectivity index (χ2v) is 28.2. The van der Waals surface area contributed by atoms with E-state index in [9.17, 15) is 42.1 Å². The van der Waals surface area contributed by atoms with Crippen LogP contribution in [0.1, 0.15) is 112 Å². The maximum Gasteiger partial charge on any atom is 2.00 e. The average Bonchev–Trinajstić information content (AvgIpc) is 1.52. The predicted molar refractivity (Wildman–Crippen MR) is 483 cm³/mol. The van der Waals surface area contributed by atoms with Gasteiger partial charge in [-0.2, -0.15) is 42.1 Å². The Labute approximate surface area is 733 Å². The summed E-state index contributed by atoms with van der Waals surface area (Å²) >= 11 is 0. The summed E-state index contributed by atoms with van der Waals surface area (Å²) < 4.78 is 0. The van der Waals surface area contributed by atoms with Crippen molar-refractivity contribution in [3.8, 4) is 95.9 Å². The topological polar surface area (TPSA) is 257 Å². The number of nitriles is 8. The van der Waals surface area contributed by atoms with Gasteiger partial charge in [0.15, 0.2) is 0 Å². The quantitative estimate of drug-likeness (QED) is 0.0813. The Morgan fingerprint density at radius 1 is 0.168 bits per heavy atom. The first kappa shape index (κ1) is 80.0. The van der Waals surface area contributed by atoms with Crippen LogP contribution in [0.25, 0.3) is 46.4 Å². The number of hydrogen-bond acceptors (Lipinski definition) is 14. The normalized spacial score (nSPS) is 10.4. The Balaban J connectivity index is 0.0000115. The van der Waals surface area contributed by atoms with Crippen molar-refractivity contribution in [1.29, 1.82) is 42.1 Å². The molecule has 2 aliphatic rings. The third-order valence-electron chi connectivity index (χ3n) is 20.5. The zero-order chi connectivity index (χ0) is 84.8. The van der Waals surface area contributed by atoms with Gasteiger partial charge in [-0.25, -0.2) is 9.97 Å². The first-order chi connectivity index (χ1) is 61.0. The van der Waals surface area contributed by atoms with E-state index in [0.717, 1.165) is 68.2 Å². The molecule has 17 heteroatoms. The summed E-state index contributed by atoms with van der Waals surface area (Å²) in [5, 5.41) is 77.8. The number of rotatable bonds is 12. The van der Waals surface area contributed by atoms with Gasteiger partial charge in [0.2, 0.25) is 0 Å². The van der Waals surface area contributed by atoms with Crippen molar-refractivity contribution in [2.75, 3.05) is 19.6 Å². The van der Waals surface area contributed by atoms with Crippen molar-refractivity contribution in [1.82, 2.24) is 19.9 Å². The molecule has 2 aliphatic heterocycles. The zero-order valence-corrected chi connectivity index (χ0v) is 69.2. The van der Waals surface area contributed by atoms with Crippen LogP contribution in [0.2, 0.25) is 0 Å². The molecule has 0 N–H and O–H groups in total. The molecule has 125 heavy (non-hydrogen) atoms. The molecule has 0 aliphatic carbocycles. The summed E-state index contributed by atoms with van der Waals surface area (Å²) in [5.41, 5.74) is 22.2. The molecule has 0 atom stereocenters. The van der Waals surface area contributed by atoms with Crippen molar-refractivity contribution < 1.29 is 19.5 Å². The van der Waals surface area contributed by atoms with Gasteiger partial charge >= 0.3 is 19.5 Å². The predicted octanol–water partition coefficient (Wildman–Crippen LogP) is 22.4. The Morgan fingerprint density at radius 3 is 0.424 bits per heavy atom. The molecule has 17 rings (SSSR count). The zero-order valence-electron chi connectivity index (χ0n) is 66.2. The molecule has 570 valence electrons. The van der Waals surface area contributed by atoms with Crippen molar-refractivity contribution in [3.05, 3.63) is 427 Å². The molecular formula is C108H56N16Zn. The van der Waals surface area contributed by atoms with Crippen molar-refractivity contribution in [2.24, 2.45) is 0 Å². The van der Waals surface area contributed by atoms with Crippen LogP contribution in [-0.2, 0) is 19.5 Å². The molecule has 0 unspecified atom stereocenters. The minimum atomic E-state index is 0. The molecule has 0 saturated carbocycles. The second-order valence-electron chi connectivity index (χ2n) is 28.2. The van der Waals surface area contributed by atoms with Crippen molar-refractivity contribution >= 4 is 115 Å². The fourth-order valence-corrected chi connectivity index (χ4v) is 14.2. The minimum absolute atomic E-state index is 0. The van der Waals surface area contributed by atoms with Gasteiger partial charge in [0.05, 0.1) is 116 Å². The van der Waals surface area contributed by atoms with E-state index in [1.54, 1.807) is 97.1 Å². The van der Waals surface area contributed by atoms with Gasteiger partial charge < -0.3 is 29.6 Å². The van der Waals surface area contributed by atoms with E-state index in [2.05, 4.69) is 95.9 Å². The van der Waals surface area contributed by atoms with Crippen LogP contribution in [0.5, 0.6) is 0 Å². The van der Waals surface area contributed by atoms with E-state index in [0.29, 0.717) is 134 Å². The third kappa shape index (κ3) is 17.5. The summed E-state index contributed by atoms with van der Waals surface area (Å²) in [6.45, 7) is 0. The standard InChI is InChI=1S/C108H56N16.Zn/c109-65-77-9-37-89(38-10-77)121(90-39-11-78(66-110)12-40-90)85-29-1-73(2-30-85)25-53-97-101-57-59-103(117-101)98(54-26-74-3-31-86(32-4-74)122(91-41-13-79(67-111)14-42-91)92-43-15-80(68-112)16-44-92)105-61-63-107(119-105)100(56-28-76-7-35-88(36-8-76)124(95-49-21-83(71-115)22-50-95)96-51-23-84(72-116)24-52-96)108-64-62-106(120-108)99(104-60-58-102(97)118-104)55-27-75-5-33-87(34-6-75)123(93-45-17-81(69-113)18-46-93)94-47-19-82(70-114)20-48-94;/h1-24,29-52,57-64H;/q-2;+2. The number of nitrogens with zero attached hydrogens (tertiary/aromatic N) is 16. The number of hydrogen-bond donors (Lipinski definition) is 0. The van der Waals surface area contributed by atoms with Crippen LogP contribution in [0, 0.1) is 138 Å². The van der Waals surface area contributed by atoms with Gasteiger partial charge in [-0.15, -0.1) is 22.1 Å². The molecule has 0 saturated heterocycles. The number of anilines is 12. The van der Waals surface area contributed by atoms with E-state index < -0.39 is 0 Å². The fraction of sp³-hybridized carbons (Fsp3) is 0. The Morgan fingerprint density at radius 2 is 0.296 bits per heavy atom.